The average molecular weight is 224 g/mol. The van der Waals surface area contributed by atoms with Gasteiger partial charge in [0.2, 0.25) is 0 Å². The Bertz CT molecular complexity index is 348. The van der Waals surface area contributed by atoms with Gasteiger partial charge in [0.15, 0.2) is 0 Å². The van der Waals surface area contributed by atoms with Crippen LogP contribution in [0.25, 0.3) is 0 Å². The van der Waals surface area contributed by atoms with E-state index in [1.807, 2.05) is 20.0 Å². The van der Waals surface area contributed by atoms with Crippen molar-refractivity contribution >= 4 is 5.69 Å². The number of anilines is 1. The second kappa shape index (κ2) is 5.30. The van der Waals surface area contributed by atoms with Gasteiger partial charge in [0.25, 0.3) is 0 Å². The molecule has 0 aliphatic carbocycles. The molecule has 1 unspecified atom stereocenters. The molecule has 1 atom stereocenters. The van der Waals surface area contributed by atoms with Gasteiger partial charge in [-0.15, -0.1) is 0 Å². The Morgan fingerprint density at radius 2 is 1.94 bits per heavy atom. The van der Waals surface area contributed by atoms with E-state index in [1.165, 1.54) is 6.07 Å². The Labute approximate surface area is 97.3 Å². The average Bonchev–Trinajstić information content (AvgIpc) is 2.15. The maximum atomic E-state index is 13.2. The summed E-state index contributed by atoms with van der Waals surface area (Å²) in [5.41, 5.74) is 7.82. The Morgan fingerprint density at radius 1 is 1.31 bits per heavy atom. The van der Waals surface area contributed by atoms with Gasteiger partial charge in [-0.1, -0.05) is 0 Å². The monoisotopic (exact) mass is 224 g/mol. The Hall–Kier alpha value is -1.09. The molecule has 0 spiro atoms. The number of hydrogen-bond donors (Lipinski definition) is 1. The molecule has 0 heterocycles. The molecule has 1 rings (SSSR count). The van der Waals surface area contributed by atoms with E-state index in [0.29, 0.717) is 12.5 Å². The maximum Gasteiger partial charge on any atom is 0.123 e. The molecule has 0 fully saturated rings. The van der Waals surface area contributed by atoms with Crippen molar-refractivity contribution in [2.24, 2.45) is 5.73 Å². The SMILES string of the molecule is CC(N)Cc1cc(F)ccc1N(C)C(C)C. The number of nitrogens with two attached hydrogens (primary N) is 1. The van der Waals surface area contributed by atoms with Gasteiger partial charge in [0, 0.05) is 24.8 Å². The molecule has 0 aromatic heterocycles. The first-order valence-corrected chi connectivity index (χ1v) is 5.68. The molecular weight excluding hydrogens is 203 g/mol. The van der Waals surface area contributed by atoms with Crippen molar-refractivity contribution in [3.05, 3.63) is 29.6 Å². The van der Waals surface area contributed by atoms with Crippen LogP contribution in [0.1, 0.15) is 26.3 Å². The van der Waals surface area contributed by atoms with Gasteiger partial charge in [-0.25, -0.2) is 4.39 Å². The molecule has 3 heteroatoms. The summed E-state index contributed by atoms with van der Waals surface area (Å²) in [4.78, 5) is 2.14. The highest BCUT2D eigenvalue weighted by atomic mass is 19.1. The largest absolute Gasteiger partial charge is 0.372 e. The Kier molecular flexibility index (Phi) is 4.30. The molecule has 1 aromatic rings. The molecule has 2 N–H and O–H groups in total. The summed E-state index contributed by atoms with van der Waals surface area (Å²) in [7, 11) is 2.02. The van der Waals surface area contributed by atoms with Crippen molar-refractivity contribution in [2.75, 3.05) is 11.9 Å². The van der Waals surface area contributed by atoms with Gasteiger partial charge in [0.1, 0.15) is 5.82 Å². The first-order chi connectivity index (χ1) is 7.41. The van der Waals surface area contributed by atoms with E-state index in [0.717, 1.165) is 11.3 Å². The zero-order chi connectivity index (χ0) is 12.3. The summed E-state index contributed by atoms with van der Waals surface area (Å²) in [6.07, 6.45) is 0.699. The minimum absolute atomic E-state index is 0.0427. The molecule has 2 nitrogen and oxygen atoms in total. The molecule has 90 valence electrons. The van der Waals surface area contributed by atoms with E-state index in [-0.39, 0.29) is 11.9 Å². The predicted molar refractivity (Wildman–Crippen MR) is 67.3 cm³/mol. The van der Waals surface area contributed by atoms with Crippen LogP contribution in [0.3, 0.4) is 0 Å². The summed E-state index contributed by atoms with van der Waals surface area (Å²) in [6.45, 7) is 6.15. The molecule has 0 radical (unpaired) electrons. The second-order valence-electron chi connectivity index (χ2n) is 4.66. The molecule has 0 saturated heterocycles. The first kappa shape index (κ1) is 13.0. The lowest BCUT2D eigenvalue weighted by Crippen LogP contribution is -2.28. The van der Waals surface area contributed by atoms with Crippen molar-refractivity contribution in [3.63, 3.8) is 0 Å². The topological polar surface area (TPSA) is 29.3 Å². The third-order valence-corrected chi connectivity index (χ3v) is 2.74. The fraction of sp³-hybridized carbons (Fsp3) is 0.538. The van der Waals surface area contributed by atoms with E-state index in [9.17, 15) is 4.39 Å². The standard InChI is InChI=1S/C13H21FN2/c1-9(2)16(4)13-6-5-12(14)8-11(13)7-10(3)15/h5-6,8-10H,7,15H2,1-4H3. The van der Waals surface area contributed by atoms with Gasteiger partial charge >= 0.3 is 0 Å². The third kappa shape index (κ3) is 3.20. The van der Waals surface area contributed by atoms with Crippen LogP contribution in [-0.4, -0.2) is 19.1 Å². The van der Waals surface area contributed by atoms with Crippen LogP contribution in [0.2, 0.25) is 0 Å². The Balaban J connectivity index is 3.06. The Morgan fingerprint density at radius 3 is 2.44 bits per heavy atom. The summed E-state index contributed by atoms with van der Waals surface area (Å²) in [5.74, 6) is -0.198. The third-order valence-electron chi connectivity index (χ3n) is 2.74. The second-order valence-corrected chi connectivity index (χ2v) is 4.66. The number of halogens is 1. The fourth-order valence-electron chi connectivity index (χ4n) is 1.69. The number of rotatable bonds is 4. The van der Waals surface area contributed by atoms with E-state index in [1.54, 1.807) is 6.07 Å². The van der Waals surface area contributed by atoms with Crippen LogP contribution in [-0.2, 0) is 6.42 Å². The van der Waals surface area contributed by atoms with E-state index in [2.05, 4.69) is 18.7 Å². The summed E-state index contributed by atoms with van der Waals surface area (Å²) < 4.78 is 13.2. The van der Waals surface area contributed by atoms with Gasteiger partial charge in [0.05, 0.1) is 0 Å². The zero-order valence-corrected chi connectivity index (χ0v) is 10.5. The summed E-state index contributed by atoms with van der Waals surface area (Å²) in [5, 5.41) is 0. The van der Waals surface area contributed by atoms with Crippen molar-refractivity contribution in [1.82, 2.24) is 0 Å². The van der Waals surface area contributed by atoms with Crippen LogP contribution < -0.4 is 10.6 Å². The highest BCUT2D eigenvalue weighted by Gasteiger charge is 2.12. The zero-order valence-electron chi connectivity index (χ0n) is 10.5. The van der Waals surface area contributed by atoms with Crippen molar-refractivity contribution < 1.29 is 4.39 Å². The molecule has 0 bridgehead atoms. The maximum absolute atomic E-state index is 13.2. The minimum atomic E-state index is -0.198. The molecule has 16 heavy (non-hydrogen) atoms. The highest BCUT2D eigenvalue weighted by molar-refractivity contribution is 5.54. The van der Waals surface area contributed by atoms with Crippen molar-refractivity contribution in [2.45, 2.75) is 39.3 Å². The van der Waals surface area contributed by atoms with Crippen molar-refractivity contribution in [3.8, 4) is 0 Å². The van der Waals surface area contributed by atoms with Crippen LogP contribution in [0.15, 0.2) is 18.2 Å². The fourth-order valence-corrected chi connectivity index (χ4v) is 1.69. The summed E-state index contributed by atoms with van der Waals surface area (Å²) in [6, 6.07) is 5.34. The normalized spacial score (nSPS) is 12.9. The molecular formula is C13H21FN2. The van der Waals surface area contributed by atoms with Gasteiger partial charge < -0.3 is 10.6 Å². The van der Waals surface area contributed by atoms with Gasteiger partial charge in [-0.3, -0.25) is 0 Å². The molecule has 0 saturated carbocycles. The van der Waals surface area contributed by atoms with Gasteiger partial charge in [-0.2, -0.15) is 0 Å². The molecule has 0 aliphatic rings. The van der Waals surface area contributed by atoms with Crippen LogP contribution >= 0.6 is 0 Å². The highest BCUT2D eigenvalue weighted by Crippen LogP contribution is 2.23. The molecule has 0 aliphatic heterocycles. The first-order valence-electron chi connectivity index (χ1n) is 5.68. The lowest BCUT2D eigenvalue weighted by molar-refractivity contribution is 0.621. The van der Waals surface area contributed by atoms with Crippen molar-refractivity contribution in [1.29, 1.82) is 0 Å². The summed E-state index contributed by atoms with van der Waals surface area (Å²) >= 11 is 0. The smallest absolute Gasteiger partial charge is 0.123 e. The minimum Gasteiger partial charge on any atom is -0.372 e. The lowest BCUT2D eigenvalue weighted by Gasteiger charge is -2.27. The van der Waals surface area contributed by atoms with Crippen LogP contribution in [0.4, 0.5) is 10.1 Å². The van der Waals surface area contributed by atoms with E-state index >= 15 is 0 Å². The lowest BCUT2D eigenvalue weighted by atomic mass is 10.0. The number of hydrogen-bond acceptors (Lipinski definition) is 2. The van der Waals surface area contributed by atoms with E-state index in [4.69, 9.17) is 5.73 Å². The molecule has 0 amide bonds. The quantitative estimate of drug-likeness (QED) is 0.851. The van der Waals surface area contributed by atoms with Crippen LogP contribution in [0, 0.1) is 5.82 Å². The van der Waals surface area contributed by atoms with E-state index < -0.39 is 0 Å². The number of nitrogens with zero attached hydrogens (tertiary/aromatic N) is 1. The van der Waals surface area contributed by atoms with Crippen LogP contribution in [0.5, 0.6) is 0 Å². The molecule has 1 aromatic carbocycles. The number of benzene rings is 1. The predicted octanol–water partition coefficient (Wildman–Crippen LogP) is 2.56. The van der Waals surface area contributed by atoms with Gasteiger partial charge in [-0.05, 0) is 51.0 Å².